The topological polar surface area (TPSA) is 44.8 Å². The Hall–Kier alpha value is -1.45. The zero-order chi connectivity index (χ0) is 19.6. The first-order chi connectivity index (χ1) is 13.3. The van der Waals surface area contributed by atoms with E-state index in [1.54, 1.807) is 0 Å². The highest BCUT2D eigenvalue weighted by Crippen LogP contribution is 2.16. The lowest BCUT2D eigenvalue weighted by Crippen LogP contribution is -2.20. The number of hydrogen-bond acceptors (Lipinski definition) is 4. The van der Waals surface area contributed by atoms with Crippen LogP contribution in [0.5, 0.6) is 0 Å². The highest BCUT2D eigenvalue weighted by atomic mass is 16.7. The summed E-state index contributed by atoms with van der Waals surface area (Å²) in [6.45, 7) is 6.41. The molecule has 0 aromatic heterocycles. The summed E-state index contributed by atoms with van der Waals surface area (Å²) in [5, 5.41) is 0. The van der Waals surface area contributed by atoms with Gasteiger partial charge in [-0.3, -0.25) is 0 Å². The monoisotopic (exact) mass is 376 g/mol. The second-order valence-corrected chi connectivity index (χ2v) is 6.63. The van der Waals surface area contributed by atoms with Crippen molar-refractivity contribution in [1.29, 1.82) is 0 Å². The van der Waals surface area contributed by atoms with E-state index in [2.05, 4.69) is 12.1 Å². The summed E-state index contributed by atoms with van der Waals surface area (Å²) < 4.78 is 16.6. The third kappa shape index (κ3) is 11.8. The molecule has 1 aromatic carbocycles. The van der Waals surface area contributed by atoms with Gasteiger partial charge in [-0.15, -0.1) is 0 Å². The molecule has 0 aliphatic heterocycles. The van der Waals surface area contributed by atoms with Crippen molar-refractivity contribution in [2.45, 2.75) is 78.1 Å². The Morgan fingerprint density at radius 1 is 0.889 bits per heavy atom. The van der Waals surface area contributed by atoms with Crippen LogP contribution < -0.4 is 0 Å². The first kappa shape index (κ1) is 23.6. The van der Waals surface area contributed by atoms with Gasteiger partial charge in [-0.05, 0) is 38.7 Å². The third-order valence-corrected chi connectivity index (χ3v) is 4.40. The molecule has 0 unspecified atom stereocenters. The van der Waals surface area contributed by atoms with Crippen molar-refractivity contribution < 1.29 is 19.0 Å². The molecule has 0 spiro atoms. The van der Waals surface area contributed by atoms with Crippen LogP contribution in [-0.4, -0.2) is 32.1 Å². The van der Waals surface area contributed by atoms with E-state index in [-0.39, 0.29) is 0 Å². The summed E-state index contributed by atoms with van der Waals surface area (Å²) in [7, 11) is 0. The minimum absolute atomic E-state index is 0.520. The zero-order valence-electron chi connectivity index (χ0n) is 17.1. The van der Waals surface area contributed by atoms with Crippen LogP contribution in [-0.2, 0) is 25.6 Å². The SMILES string of the molecule is CCOC(OCC)C(=C=O)CCCCCCCCCOCc1ccccc1. The van der Waals surface area contributed by atoms with Crippen molar-refractivity contribution >= 4 is 5.94 Å². The number of hydrogen-bond donors (Lipinski definition) is 0. The maximum absolute atomic E-state index is 11.1. The summed E-state index contributed by atoms with van der Waals surface area (Å²) >= 11 is 0. The van der Waals surface area contributed by atoms with Gasteiger partial charge in [0.15, 0.2) is 6.29 Å². The van der Waals surface area contributed by atoms with E-state index in [0.717, 1.165) is 25.9 Å². The van der Waals surface area contributed by atoms with Gasteiger partial charge in [0.2, 0.25) is 0 Å². The van der Waals surface area contributed by atoms with Crippen LogP contribution in [0.2, 0.25) is 0 Å². The molecule has 0 radical (unpaired) electrons. The fourth-order valence-corrected chi connectivity index (χ4v) is 2.94. The van der Waals surface area contributed by atoms with E-state index < -0.39 is 6.29 Å². The quantitative estimate of drug-likeness (QED) is 0.205. The summed E-state index contributed by atoms with van der Waals surface area (Å²) in [5.74, 6) is 2.02. The minimum atomic E-state index is -0.520. The fraction of sp³-hybridized carbons (Fsp3) is 0.652. The standard InChI is InChI=1S/C23H36O4/c1-3-26-23(27-4-2)22(19-24)17-13-8-6-5-7-9-14-18-25-20-21-15-11-10-12-16-21/h10-12,15-16,23H,3-9,13-14,17-18,20H2,1-2H3. The normalized spacial score (nSPS) is 10.9. The van der Waals surface area contributed by atoms with Crippen LogP contribution in [0.1, 0.15) is 70.8 Å². The Labute approximate surface area is 164 Å². The first-order valence-electron chi connectivity index (χ1n) is 10.4. The third-order valence-electron chi connectivity index (χ3n) is 4.40. The molecular weight excluding hydrogens is 340 g/mol. The lowest BCUT2D eigenvalue weighted by atomic mass is 10.0. The molecule has 0 amide bonds. The number of ether oxygens (including phenoxy) is 3. The average Bonchev–Trinajstić information content (AvgIpc) is 2.70. The Balaban J connectivity index is 1.96. The summed E-state index contributed by atoms with van der Waals surface area (Å²) in [5.41, 5.74) is 1.84. The molecule has 0 saturated heterocycles. The molecule has 0 N–H and O–H groups in total. The molecule has 0 bridgehead atoms. The van der Waals surface area contributed by atoms with E-state index in [1.807, 2.05) is 38.0 Å². The molecule has 0 aliphatic rings. The van der Waals surface area contributed by atoms with Crippen LogP contribution in [0.25, 0.3) is 0 Å². The highest BCUT2D eigenvalue weighted by Gasteiger charge is 2.15. The Morgan fingerprint density at radius 3 is 2.07 bits per heavy atom. The van der Waals surface area contributed by atoms with E-state index in [0.29, 0.717) is 31.8 Å². The van der Waals surface area contributed by atoms with Gasteiger partial charge in [0.1, 0.15) is 5.94 Å². The molecule has 0 atom stereocenters. The Bertz CT molecular complexity index is 502. The maximum atomic E-state index is 11.1. The Kier molecular flexibility index (Phi) is 14.6. The van der Waals surface area contributed by atoms with Crippen LogP contribution in [0.15, 0.2) is 35.9 Å². The van der Waals surface area contributed by atoms with Crippen LogP contribution >= 0.6 is 0 Å². The van der Waals surface area contributed by atoms with E-state index in [9.17, 15) is 4.79 Å². The van der Waals surface area contributed by atoms with Crippen molar-refractivity contribution in [2.24, 2.45) is 0 Å². The summed E-state index contributed by atoms with van der Waals surface area (Å²) in [4.78, 5) is 11.1. The molecule has 0 fully saturated rings. The first-order valence-corrected chi connectivity index (χ1v) is 10.4. The van der Waals surface area contributed by atoms with Gasteiger partial charge < -0.3 is 14.2 Å². The Morgan fingerprint density at radius 2 is 1.48 bits per heavy atom. The molecule has 4 heteroatoms. The molecule has 1 rings (SSSR count). The second-order valence-electron chi connectivity index (χ2n) is 6.63. The zero-order valence-corrected chi connectivity index (χ0v) is 17.1. The number of carbonyl (C=O) groups excluding carboxylic acids is 1. The lowest BCUT2D eigenvalue weighted by Gasteiger charge is -2.17. The molecule has 4 nitrogen and oxygen atoms in total. The largest absolute Gasteiger partial charge is 0.377 e. The molecule has 152 valence electrons. The van der Waals surface area contributed by atoms with Gasteiger partial charge in [0.25, 0.3) is 0 Å². The van der Waals surface area contributed by atoms with E-state index in [4.69, 9.17) is 14.2 Å². The fourth-order valence-electron chi connectivity index (χ4n) is 2.94. The van der Waals surface area contributed by atoms with Gasteiger partial charge in [-0.2, -0.15) is 0 Å². The smallest absolute Gasteiger partial charge is 0.190 e. The van der Waals surface area contributed by atoms with Gasteiger partial charge in [-0.1, -0.05) is 62.4 Å². The van der Waals surface area contributed by atoms with Crippen LogP contribution in [0.3, 0.4) is 0 Å². The predicted octanol–water partition coefficient (Wildman–Crippen LogP) is 5.48. The summed E-state index contributed by atoms with van der Waals surface area (Å²) in [6.07, 6.45) is 8.31. The molecule has 0 saturated carbocycles. The van der Waals surface area contributed by atoms with Gasteiger partial charge in [0, 0.05) is 19.8 Å². The highest BCUT2D eigenvalue weighted by molar-refractivity contribution is 5.53. The van der Waals surface area contributed by atoms with Crippen molar-refractivity contribution in [2.75, 3.05) is 19.8 Å². The average molecular weight is 377 g/mol. The molecular formula is C23H36O4. The molecule has 0 aliphatic carbocycles. The second kappa shape index (κ2) is 16.7. The lowest BCUT2D eigenvalue weighted by molar-refractivity contribution is -0.112. The van der Waals surface area contributed by atoms with Gasteiger partial charge >= 0.3 is 0 Å². The molecule has 0 heterocycles. The summed E-state index contributed by atoms with van der Waals surface area (Å²) in [6, 6.07) is 10.3. The van der Waals surface area contributed by atoms with E-state index >= 15 is 0 Å². The molecule has 1 aromatic rings. The maximum Gasteiger partial charge on any atom is 0.190 e. The van der Waals surface area contributed by atoms with Gasteiger partial charge in [-0.25, -0.2) is 4.79 Å². The van der Waals surface area contributed by atoms with Crippen LogP contribution in [0.4, 0.5) is 0 Å². The van der Waals surface area contributed by atoms with Gasteiger partial charge in [0.05, 0.1) is 12.2 Å². The number of benzene rings is 1. The molecule has 27 heavy (non-hydrogen) atoms. The number of unbranched alkanes of at least 4 members (excludes halogenated alkanes) is 6. The van der Waals surface area contributed by atoms with Crippen molar-refractivity contribution in [1.82, 2.24) is 0 Å². The van der Waals surface area contributed by atoms with E-state index in [1.165, 1.54) is 31.2 Å². The predicted molar refractivity (Wildman–Crippen MR) is 109 cm³/mol. The number of rotatable bonds is 17. The van der Waals surface area contributed by atoms with Crippen molar-refractivity contribution in [3.63, 3.8) is 0 Å². The van der Waals surface area contributed by atoms with Crippen molar-refractivity contribution in [3.05, 3.63) is 41.5 Å². The minimum Gasteiger partial charge on any atom is -0.377 e. The van der Waals surface area contributed by atoms with Crippen molar-refractivity contribution in [3.8, 4) is 0 Å². The van der Waals surface area contributed by atoms with Crippen LogP contribution in [0, 0.1) is 0 Å².